The molecule has 0 bridgehead atoms. The van der Waals surface area contributed by atoms with Crippen molar-refractivity contribution in [1.29, 1.82) is 0 Å². The molecule has 7 heteroatoms. The second kappa shape index (κ2) is 7.60. The van der Waals surface area contributed by atoms with Crippen LogP contribution in [0, 0.1) is 27.7 Å². The van der Waals surface area contributed by atoms with Crippen LogP contribution in [0.4, 0.5) is 5.82 Å². The predicted molar refractivity (Wildman–Crippen MR) is 124 cm³/mol. The molecule has 0 unspecified atom stereocenters. The fourth-order valence-corrected chi connectivity index (χ4v) is 3.98. The average molecular weight is 425 g/mol. The molecule has 5 aromatic rings. The Balaban J connectivity index is 1.47. The van der Waals surface area contributed by atoms with Gasteiger partial charge in [0.1, 0.15) is 11.5 Å². The number of fused-ring (bicyclic) bond motifs is 2. The van der Waals surface area contributed by atoms with Crippen LogP contribution in [0.25, 0.3) is 27.7 Å². The first kappa shape index (κ1) is 19.9. The molecule has 0 atom stereocenters. The van der Waals surface area contributed by atoms with Gasteiger partial charge in [-0.2, -0.15) is 9.78 Å². The van der Waals surface area contributed by atoms with Gasteiger partial charge in [0.2, 0.25) is 5.91 Å². The molecule has 1 N–H and O–H groups in total. The maximum Gasteiger partial charge on any atom is 0.231 e. The third kappa shape index (κ3) is 3.51. The van der Waals surface area contributed by atoms with Gasteiger partial charge >= 0.3 is 0 Å². The van der Waals surface area contributed by atoms with E-state index in [0.717, 1.165) is 38.7 Å². The summed E-state index contributed by atoms with van der Waals surface area (Å²) in [6.45, 7) is 7.98. The highest BCUT2D eigenvalue weighted by molar-refractivity contribution is 5.94. The summed E-state index contributed by atoms with van der Waals surface area (Å²) in [5.41, 5.74) is 6.28. The van der Waals surface area contributed by atoms with E-state index in [4.69, 9.17) is 9.51 Å². The number of rotatable bonds is 4. The largest absolute Gasteiger partial charge is 0.356 e. The van der Waals surface area contributed by atoms with Crippen molar-refractivity contribution in [3.05, 3.63) is 76.6 Å². The van der Waals surface area contributed by atoms with Gasteiger partial charge in [0.05, 0.1) is 17.6 Å². The third-order valence-electron chi connectivity index (χ3n) is 5.58. The molecule has 7 nitrogen and oxygen atoms in total. The van der Waals surface area contributed by atoms with E-state index in [1.54, 1.807) is 4.68 Å². The van der Waals surface area contributed by atoms with Crippen LogP contribution in [-0.4, -0.2) is 25.8 Å². The Kier molecular flexibility index (Phi) is 4.74. The van der Waals surface area contributed by atoms with E-state index in [2.05, 4.69) is 28.6 Å². The van der Waals surface area contributed by atoms with Crippen molar-refractivity contribution in [3.8, 4) is 5.82 Å². The van der Waals surface area contributed by atoms with E-state index in [1.807, 2.05) is 63.2 Å². The van der Waals surface area contributed by atoms with Crippen LogP contribution in [0.2, 0.25) is 0 Å². The normalized spacial score (nSPS) is 11.4. The molecule has 0 saturated carbocycles. The second-order valence-corrected chi connectivity index (χ2v) is 8.21. The number of hydrogen-bond acceptors (Lipinski definition) is 5. The van der Waals surface area contributed by atoms with Crippen molar-refractivity contribution >= 4 is 33.6 Å². The third-order valence-corrected chi connectivity index (χ3v) is 5.58. The van der Waals surface area contributed by atoms with Crippen molar-refractivity contribution in [1.82, 2.24) is 19.9 Å². The number of benzene rings is 2. The standard InChI is InChI=1S/C25H23N5O2/c1-14-8-9-21-19(10-14)20(29-32-21)13-24(31)26-23-12-17(4)28-30(23)22-11-16(3)18-7-5-6-15(2)25(18)27-22/h5-12H,13H2,1-4H3,(H,26,31). The number of anilines is 1. The van der Waals surface area contributed by atoms with Gasteiger partial charge in [-0.15, -0.1) is 0 Å². The zero-order valence-electron chi connectivity index (χ0n) is 18.4. The van der Waals surface area contributed by atoms with Gasteiger partial charge < -0.3 is 9.84 Å². The molecule has 3 heterocycles. The number of nitrogens with zero attached hydrogens (tertiary/aromatic N) is 4. The van der Waals surface area contributed by atoms with E-state index >= 15 is 0 Å². The molecular weight excluding hydrogens is 402 g/mol. The molecule has 0 aliphatic rings. The highest BCUT2D eigenvalue weighted by Gasteiger charge is 2.17. The maximum absolute atomic E-state index is 12.9. The lowest BCUT2D eigenvalue weighted by Gasteiger charge is -2.11. The van der Waals surface area contributed by atoms with Crippen molar-refractivity contribution in [3.63, 3.8) is 0 Å². The number of carbonyl (C=O) groups is 1. The van der Waals surface area contributed by atoms with Gasteiger partial charge in [0.15, 0.2) is 11.4 Å². The lowest BCUT2D eigenvalue weighted by Crippen LogP contribution is -2.18. The number of carbonyl (C=O) groups excluding carboxylic acids is 1. The Morgan fingerprint density at radius 2 is 1.84 bits per heavy atom. The van der Waals surface area contributed by atoms with Crippen LogP contribution in [0.15, 0.2) is 53.1 Å². The Hall–Kier alpha value is -4.00. The van der Waals surface area contributed by atoms with Gasteiger partial charge in [-0.3, -0.25) is 4.79 Å². The fourth-order valence-electron chi connectivity index (χ4n) is 3.98. The molecule has 2 aromatic carbocycles. The van der Waals surface area contributed by atoms with Crippen LogP contribution in [-0.2, 0) is 11.2 Å². The average Bonchev–Trinajstić information content (AvgIpc) is 3.31. The molecular formula is C25H23N5O2. The fraction of sp³-hybridized carbons (Fsp3) is 0.200. The molecule has 3 aromatic heterocycles. The molecule has 0 aliphatic heterocycles. The van der Waals surface area contributed by atoms with Crippen molar-refractivity contribution < 1.29 is 9.32 Å². The minimum atomic E-state index is -0.198. The zero-order valence-corrected chi connectivity index (χ0v) is 18.4. The van der Waals surface area contributed by atoms with Gasteiger partial charge in [-0.05, 0) is 57.0 Å². The van der Waals surface area contributed by atoms with E-state index < -0.39 is 0 Å². The smallest absolute Gasteiger partial charge is 0.231 e. The minimum absolute atomic E-state index is 0.101. The van der Waals surface area contributed by atoms with Crippen LogP contribution in [0.3, 0.4) is 0 Å². The Labute approximate surface area is 185 Å². The quantitative estimate of drug-likeness (QED) is 0.439. The maximum atomic E-state index is 12.9. The summed E-state index contributed by atoms with van der Waals surface area (Å²) in [6, 6.07) is 15.8. The molecule has 0 spiro atoms. The number of aryl methyl sites for hydroxylation is 4. The second-order valence-electron chi connectivity index (χ2n) is 8.21. The van der Waals surface area contributed by atoms with Gasteiger partial charge in [-0.1, -0.05) is 35.0 Å². The van der Waals surface area contributed by atoms with Crippen LogP contribution >= 0.6 is 0 Å². The number of hydrogen-bond donors (Lipinski definition) is 1. The van der Waals surface area contributed by atoms with E-state index in [9.17, 15) is 4.79 Å². The Morgan fingerprint density at radius 3 is 2.69 bits per heavy atom. The van der Waals surface area contributed by atoms with Gasteiger partial charge in [0.25, 0.3) is 0 Å². The minimum Gasteiger partial charge on any atom is -0.356 e. The summed E-state index contributed by atoms with van der Waals surface area (Å²) in [6.07, 6.45) is 0.101. The number of aromatic nitrogens is 4. The number of pyridine rings is 1. The van der Waals surface area contributed by atoms with Crippen LogP contribution < -0.4 is 5.32 Å². The summed E-state index contributed by atoms with van der Waals surface area (Å²) in [5, 5.41) is 13.6. The number of nitrogens with one attached hydrogen (secondary N) is 1. The highest BCUT2D eigenvalue weighted by Crippen LogP contribution is 2.25. The van der Waals surface area contributed by atoms with E-state index in [-0.39, 0.29) is 12.3 Å². The monoisotopic (exact) mass is 425 g/mol. The molecule has 32 heavy (non-hydrogen) atoms. The van der Waals surface area contributed by atoms with Crippen LogP contribution in [0.1, 0.15) is 28.1 Å². The first-order valence-corrected chi connectivity index (χ1v) is 10.5. The first-order chi connectivity index (χ1) is 15.4. The molecule has 160 valence electrons. The van der Waals surface area contributed by atoms with E-state index in [0.29, 0.717) is 22.9 Å². The van der Waals surface area contributed by atoms with Gasteiger partial charge in [0, 0.05) is 16.8 Å². The molecule has 0 fully saturated rings. The molecule has 0 aliphatic carbocycles. The van der Waals surface area contributed by atoms with E-state index in [1.165, 1.54) is 0 Å². The van der Waals surface area contributed by atoms with Crippen molar-refractivity contribution in [2.24, 2.45) is 0 Å². The van der Waals surface area contributed by atoms with Crippen molar-refractivity contribution in [2.75, 3.05) is 5.32 Å². The highest BCUT2D eigenvalue weighted by atomic mass is 16.5. The summed E-state index contributed by atoms with van der Waals surface area (Å²) < 4.78 is 7.04. The summed E-state index contributed by atoms with van der Waals surface area (Å²) >= 11 is 0. The topological polar surface area (TPSA) is 85.8 Å². The predicted octanol–water partition coefficient (Wildman–Crippen LogP) is 4.98. The Morgan fingerprint density at radius 1 is 1.00 bits per heavy atom. The van der Waals surface area contributed by atoms with Gasteiger partial charge in [-0.25, -0.2) is 4.98 Å². The number of amides is 1. The Bertz CT molecular complexity index is 1500. The molecule has 0 saturated heterocycles. The summed E-state index contributed by atoms with van der Waals surface area (Å²) in [7, 11) is 0. The molecule has 5 rings (SSSR count). The summed E-state index contributed by atoms with van der Waals surface area (Å²) in [5.74, 6) is 1.03. The lowest BCUT2D eigenvalue weighted by atomic mass is 10.1. The molecule has 1 amide bonds. The first-order valence-electron chi connectivity index (χ1n) is 10.5. The van der Waals surface area contributed by atoms with Crippen LogP contribution in [0.5, 0.6) is 0 Å². The molecule has 0 radical (unpaired) electrons. The SMILES string of the molecule is Cc1ccc2onc(CC(=O)Nc3cc(C)nn3-c3cc(C)c4cccc(C)c4n3)c2c1. The summed E-state index contributed by atoms with van der Waals surface area (Å²) in [4.78, 5) is 17.7. The lowest BCUT2D eigenvalue weighted by molar-refractivity contribution is -0.115. The number of para-hydroxylation sites is 1. The van der Waals surface area contributed by atoms with Crippen molar-refractivity contribution in [2.45, 2.75) is 34.1 Å². The zero-order chi connectivity index (χ0) is 22.4.